The smallest absolute Gasteiger partial charge is 0.271 e. The number of hydrazine groups is 1. The first-order chi connectivity index (χ1) is 13.9. The normalized spacial score (nSPS) is 17.6. The summed E-state index contributed by atoms with van der Waals surface area (Å²) in [7, 11) is 1.86. The number of hydrogen-bond acceptors (Lipinski definition) is 3. The first-order valence-electron chi connectivity index (χ1n) is 9.49. The second-order valence-corrected chi connectivity index (χ2v) is 7.47. The van der Waals surface area contributed by atoms with E-state index in [0.29, 0.717) is 22.7 Å². The van der Waals surface area contributed by atoms with Gasteiger partial charge < -0.3 is 9.88 Å². The fourth-order valence-corrected chi connectivity index (χ4v) is 3.44. The lowest BCUT2D eigenvalue weighted by Gasteiger charge is -2.09. The molecular weight excluding hydrogens is 368 g/mol. The summed E-state index contributed by atoms with van der Waals surface area (Å²) in [5.41, 5.74) is 7.19. The molecule has 0 radical (unpaired) electrons. The number of rotatable bonds is 4. The van der Waals surface area contributed by atoms with Gasteiger partial charge in [0.2, 0.25) is 5.91 Å². The number of carbonyl (C=O) groups is 3. The quantitative estimate of drug-likeness (QED) is 0.598. The van der Waals surface area contributed by atoms with Crippen LogP contribution in [0, 0.1) is 11.8 Å². The van der Waals surface area contributed by atoms with Crippen LogP contribution in [0.2, 0.25) is 0 Å². The summed E-state index contributed by atoms with van der Waals surface area (Å²) >= 11 is 0. The molecule has 0 bridgehead atoms. The van der Waals surface area contributed by atoms with Gasteiger partial charge in [-0.15, -0.1) is 0 Å². The van der Waals surface area contributed by atoms with Crippen molar-refractivity contribution in [2.24, 2.45) is 18.9 Å². The van der Waals surface area contributed by atoms with Crippen molar-refractivity contribution in [3.63, 3.8) is 0 Å². The standard InChI is InChI=1S/C22H22N4O3/c1-13-10-17(13)21(28)23-15-7-5-6-14(11-15)20(27)24-25-22(29)18-12-26(2)19-9-4-3-8-16(18)19/h3-9,11-13,17H,10H2,1-2H3,(H,23,28)(H,24,27)(H,25,29). The molecule has 148 valence electrons. The average Bonchev–Trinajstić information content (AvgIpc) is 3.37. The number of fused-ring (bicyclic) bond motifs is 1. The molecule has 1 saturated carbocycles. The van der Waals surface area contributed by atoms with Crippen molar-refractivity contribution in [3.8, 4) is 0 Å². The van der Waals surface area contributed by atoms with Crippen molar-refractivity contribution >= 4 is 34.3 Å². The Kier molecular flexibility index (Phi) is 4.80. The molecule has 0 aliphatic heterocycles. The highest BCUT2D eigenvalue weighted by atomic mass is 16.2. The molecule has 3 amide bonds. The van der Waals surface area contributed by atoms with Gasteiger partial charge in [0, 0.05) is 41.3 Å². The van der Waals surface area contributed by atoms with E-state index < -0.39 is 11.8 Å². The molecule has 0 saturated heterocycles. The fraction of sp³-hybridized carbons (Fsp3) is 0.227. The van der Waals surface area contributed by atoms with Gasteiger partial charge in [0.1, 0.15) is 0 Å². The molecule has 2 atom stereocenters. The van der Waals surface area contributed by atoms with Crippen molar-refractivity contribution in [2.75, 3.05) is 5.32 Å². The zero-order valence-corrected chi connectivity index (χ0v) is 16.2. The molecule has 1 aliphatic carbocycles. The van der Waals surface area contributed by atoms with Crippen LogP contribution in [0.5, 0.6) is 0 Å². The summed E-state index contributed by atoms with van der Waals surface area (Å²) in [5.74, 6) is -0.436. The molecule has 3 aromatic rings. The Morgan fingerprint density at radius 3 is 2.48 bits per heavy atom. The third kappa shape index (κ3) is 3.85. The number of para-hydroxylation sites is 1. The number of benzene rings is 2. The van der Waals surface area contributed by atoms with Crippen molar-refractivity contribution in [1.29, 1.82) is 0 Å². The number of anilines is 1. The van der Waals surface area contributed by atoms with Crippen molar-refractivity contribution < 1.29 is 14.4 Å². The number of aromatic nitrogens is 1. The van der Waals surface area contributed by atoms with Gasteiger partial charge in [-0.05, 0) is 36.6 Å². The second-order valence-electron chi connectivity index (χ2n) is 7.47. The lowest BCUT2D eigenvalue weighted by molar-refractivity contribution is -0.117. The maximum absolute atomic E-state index is 12.5. The highest BCUT2D eigenvalue weighted by molar-refractivity contribution is 6.08. The van der Waals surface area contributed by atoms with Gasteiger partial charge in [-0.25, -0.2) is 0 Å². The molecule has 1 aliphatic rings. The molecule has 7 nitrogen and oxygen atoms in total. The van der Waals surface area contributed by atoms with Crippen LogP contribution in [0.1, 0.15) is 34.1 Å². The topological polar surface area (TPSA) is 92.2 Å². The first-order valence-corrected chi connectivity index (χ1v) is 9.49. The Balaban J connectivity index is 1.41. The summed E-state index contributed by atoms with van der Waals surface area (Å²) in [6.45, 7) is 2.03. The molecule has 0 spiro atoms. The molecule has 4 rings (SSSR count). The van der Waals surface area contributed by atoms with E-state index in [1.165, 1.54) is 0 Å². The number of hydrogen-bond donors (Lipinski definition) is 3. The second kappa shape index (κ2) is 7.43. The van der Waals surface area contributed by atoms with Gasteiger partial charge in [0.25, 0.3) is 11.8 Å². The minimum Gasteiger partial charge on any atom is -0.350 e. The Labute approximate surface area is 168 Å². The maximum Gasteiger partial charge on any atom is 0.271 e. The lowest BCUT2D eigenvalue weighted by Crippen LogP contribution is -2.41. The SMILES string of the molecule is CC1CC1C(=O)Nc1cccc(C(=O)NNC(=O)c2cn(C)c3ccccc23)c1. The monoisotopic (exact) mass is 390 g/mol. The lowest BCUT2D eigenvalue weighted by atomic mass is 10.1. The van der Waals surface area contributed by atoms with Gasteiger partial charge in [0.15, 0.2) is 0 Å². The van der Waals surface area contributed by atoms with Crippen LogP contribution in [0.4, 0.5) is 5.69 Å². The third-order valence-corrected chi connectivity index (χ3v) is 5.27. The molecule has 2 aromatic carbocycles. The highest BCUT2D eigenvalue weighted by Crippen LogP contribution is 2.38. The summed E-state index contributed by atoms with van der Waals surface area (Å²) in [4.78, 5) is 37.1. The number of aryl methyl sites for hydroxylation is 1. The molecule has 1 aromatic heterocycles. The predicted octanol–water partition coefficient (Wildman–Crippen LogP) is 2.85. The van der Waals surface area contributed by atoms with Gasteiger partial charge in [-0.2, -0.15) is 0 Å². The van der Waals surface area contributed by atoms with Crippen LogP contribution in [0.25, 0.3) is 10.9 Å². The van der Waals surface area contributed by atoms with E-state index in [9.17, 15) is 14.4 Å². The van der Waals surface area contributed by atoms with Gasteiger partial charge in [0.05, 0.1) is 5.56 Å². The van der Waals surface area contributed by atoms with Gasteiger partial charge in [-0.3, -0.25) is 25.2 Å². The van der Waals surface area contributed by atoms with E-state index in [2.05, 4.69) is 16.2 Å². The first kappa shape index (κ1) is 18.7. The molecule has 29 heavy (non-hydrogen) atoms. The number of nitrogens with one attached hydrogen (secondary N) is 3. The summed E-state index contributed by atoms with van der Waals surface area (Å²) in [6, 6.07) is 14.2. The average molecular weight is 390 g/mol. The van der Waals surface area contributed by atoms with Crippen LogP contribution in [-0.2, 0) is 11.8 Å². The van der Waals surface area contributed by atoms with Crippen molar-refractivity contribution in [3.05, 3.63) is 65.9 Å². The summed E-state index contributed by atoms with van der Waals surface area (Å²) in [5, 5.41) is 3.64. The number of carbonyl (C=O) groups excluding carboxylic acids is 3. The Morgan fingerprint density at radius 1 is 1.00 bits per heavy atom. The Bertz CT molecular complexity index is 1120. The zero-order valence-electron chi connectivity index (χ0n) is 16.2. The number of amides is 3. The third-order valence-electron chi connectivity index (χ3n) is 5.27. The zero-order chi connectivity index (χ0) is 20.5. The predicted molar refractivity (Wildman–Crippen MR) is 110 cm³/mol. The van der Waals surface area contributed by atoms with Crippen molar-refractivity contribution in [2.45, 2.75) is 13.3 Å². The van der Waals surface area contributed by atoms with E-state index >= 15 is 0 Å². The maximum atomic E-state index is 12.5. The Morgan fingerprint density at radius 2 is 1.72 bits per heavy atom. The van der Waals surface area contributed by atoms with E-state index in [-0.39, 0.29) is 11.8 Å². The minimum atomic E-state index is -0.463. The molecule has 7 heteroatoms. The highest BCUT2D eigenvalue weighted by Gasteiger charge is 2.39. The van der Waals surface area contributed by atoms with Crippen molar-refractivity contribution in [1.82, 2.24) is 15.4 Å². The number of nitrogens with zero attached hydrogens (tertiary/aromatic N) is 1. The van der Waals surface area contributed by atoms with E-state index in [0.717, 1.165) is 17.3 Å². The molecule has 2 unspecified atom stereocenters. The van der Waals surface area contributed by atoms with E-state index in [1.807, 2.05) is 42.8 Å². The summed E-state index contributed by atoms with van der Waals surface area (Å²) < 4.78 is 1.86. The fourth-order valence-electron chi connectivity index (χ4n) is 3.44. The largest absolute Gasteiger partial charge is 0.350 e. The van der Waals surface area contributed by atoms with Gasteiger partial charge in [-0.1, -0.05) is 31.2 Å². The van der Waals surface area contributed by atoms with Gasteiger partial charge >= 0.3 is 0 Å². The van der Waals surface area contributed by atoms with Crippen LogP contribution in [0.3, 0.4) is 0 Å². The van der Waals surface area contributed by atoms with E-state index in [1.54, 1.807) is 30.5 Å². The molecule has 3 N–H and O–H groups in total. The molecular formula is C22H22N4O3. The van der Waals surface area contributed by atoms with Crippen LogP contribution in [-0.4, -0.2) is 22.3 Å². The van der Waals surface area contributed by atoms with E-state index in [4.69, 9.17) is 0 Å². The van der Waals surface area contributed by atoms with Crippen LogP contribution >= 0.6 is 0 Å². The minimum absolute atomic E-state index is 0.0284. The summed E-state index contributed by atoms with van der Waals surface area (Å²) in [6.07, 6.45) is 2.62. The molecule has 1 heterocycles. The van der Waals surface area contributed by atoms with Crippen LogP contribution in [0.15, 0.2) is 54.7 Å². The van der Waals surface area contributed by atoms with Crippen LogP contribution < -0.4 is 16.2 Å². The Hall–Kier alpha value is -3.61. The molecule has 1 fully saturated rings.